The van der Waals surface area contributed by atoms with Crippen molar-refractivity contribution in [3.05, 3.63) is 10.6 Å². The zero-order valence-electron chi connectivity index (χ0n) is 6.75. The Balaban J connectivity index is 3.15. The van der Waals surface area contributed by atoms with Gasteiger partial charge in [0.1, 0.15) is 10.9 Å². The van der Waals surface area contributed by atoms with E-state index in [1.165, 1.54) is 0 Å². The molecule has 0 aromatic carbocycles. The van der Waals surface area contributed by atoms with E-state index in [4.69, 9.17) is 5.26 Å². The van der Waals surface area contributed by atoms with Gasteiger partial charge in [-0.1, -0.05) is 25.3 Å². The lowest BCUT2D eigenvalue weighted by atomic mass is 9.92. The van der Waals surface area contributed by atoms with Gasteiger partial charge in [0.05, 0.1) is 5.69 Å². The molecule has 0 unspecified atom stereocenters. The molecule has 0 amide bonds. The fourth-order valence-electron chi connectivity index (χ4n) is 0.755. The number of rotatable bonds is 0. The van der Waals surface area contributed by atoms with E-state index >= 15 is 0 Å². The minimum Gasteiger partial charge on any atom is -0.191 e. The van der Waals surface area contributed by atoms with Gasteiger partial charge in [-0.3, -0.25) is 0 Å². The van der Waals surface area contributed by atoms with Crippen molar-refractivity contribution in [1.82, 2.24) is 9.59 Å². The predicted octanol–water partition coefficient (Wildman–Crippen LogP) is 1.71. The van der Waals surface area contributed by atoms with Crippen LogP contribution < -0.4 is 0 Å². The summed E-state index contributed by atoms with van der Waals surface area (Å²) in [5, 5.41) is 12.6. The molecule has 0 fully saturated rings. The molecule has 1 aromatic rings. The summed E-state index contributed by atoms with van der Waals surface area (Å²) in [6, 6.07) is 2.08. The van der Waals surface area contributed by atoms with Crippen LogP contribution in [0.25, 0.3) is 0 Å². The summed E-state index contributed by atoms with van der Waals surface area (Å²) in [7, 11) is 0. The third-order valence-electron chi connectivity index (χ3n) is 1.30. The Bertz CT molecular complexity index is 289. The first-order chi connectivity index (χ1) is 5.05. The topological polar surface area (TPSA) is 49.6 Å². The van der Waals surface area contributed by atoms with Crippen LogP contribution in [0.1, 0.15) is 31.3 Å². The van der Waals surface area contributed by atoms with Crippen LogP contribution in [-0.4, -0.2) is 9.59 Å². The summed E-state index contributed by atoms with van der Waals surface area (Å²) in [6.07, 6.45) is 0. The number of hydrogen-bond acceptors (Lipinski definition) is 4. The molecular formula is C7H9N3S. The van der Waals surface area contributed by atoms with Gasteiger partial charge in [0.25, 0.3) is 0 Å². The van der Waals surface area contributed by atoms with E-state index in [9.17, 15) is 0 Å². The molecule has 0 spiro atoms. The zero-order valence-corrected chi connectivity index (χ0v) is 7.57. The van der Waals surface area contributed by atoms with E-state index < -0.39 is 0 Å². The van der Waals surface area contributed by atoms with Crippen LogP contribution in [0.2, 0.25) is 0 Å². The highest BCUT2D eigenvalue weighted by molar-refractivity contribution is 7.06. The second kappa shape index (κ2) is 2.59. The van der Waals surface area contributed by atoms with Crippen LogP contribution in [0.5, 0.6) is 0 Å². The number of nitrogens with zero attached hydrogens (tertiary/aromatic N) is 3. The van der Waals surface area contributed by atoms with Crippen molar-refractivity contribution in [3.63, 3.8) is 0 Å². The fourth-order valence-corrected chi connectivity index (χ4v) is 1.43. The Morgan fingerprint density at radius 1 is 1.45 bits per heavy atom. The minimum absolute atomic E-state index is 0.0714. The highest BCUT2D eigenvalue weighted by Gasteiger charge is 2.21. The molecule has 0 atom stereocenters. The SMILES string of the molecule is CC(C)(C)c1nnsc1C#N. The molecular weight excluding hydrogens is 158 g/mol. The van der Waals surface area contributed by atoms with E-state index in [0.29, 0.717) is 4.88 Å². The Morgan fingerprint density at radius 2 is 2.09 bits per heavy atom. The summed E-state index contributed by atoms with van der Waals surface area (Å²) >= 11 is 1.15. The monoisotopic (exact) mass is 167 g/mol. The Morgan fingerprint density at radius 3 is 2.45 bits per heavy atom. The third-order valence-corrected chi connectivity index (χ3v) is 1.93. The highest BCUT2D eigenvalue weighted by Crippen LogP contribution is 2.24. The second-order valence-corrected chi connectivity index (χ2v) is 4.07. The lowest BCUT2D eigenvalue weighted by Gasteiger charge is -2.13. The lowest BCUT2D eigenvalue weighted by molar-refractivity contribution is 0.565. The molecule has 0 aliphatic rings. The van der Waals surface area contributed by atoms with Crippen LogP contribution in [0.15, 0.2) is 0 Å². The van der Waals surface area contributed by atoms with Crippen molar-refractivity contribution >= 4 is 11.5 Å². The summed E-state index contributed by atoms with van der Waals surface area (Å²) < 4.78 is 3.73. The normalized spacial score (nSPS) is 11.1. The van der Waals surface area contributed by atoms with Gasteiger partial charge in [0.15, 0.2) is 0 Å². The number of aromatic nitrogens is 2. The van der Waals surface area contributed by atoms with Crippen molar-refractivity contribution in [3.8, 4) is 6.07 Å². The average molecular weight is 167 g/mol. The molecule has 0 saturated carbocycles. The van der Waals surface area contributed by atoms with Gasteiger partial charge in [-0.2, -0.15) is 5.26 Å². The summed E-state index contributed by atoms with van der Waals surface area (Å²) in [4.78, 5) is 0.623. The van der Waals surface area contributed by atoms with E-state index in [1.807, 2.05) is 20.8 Å². The van der Waals surface area contributed by atoms with Crippen LogP contribution in [0.4, 0.5) is 0 Å². The largest absolute Gasteiger partial charge is 0.191 e. The first-order valence-corrected chi connectivity index (χ1v) is 4.06. The Labute approximate surface area is 69.8 Å². The van der Waals surface area contributed by atoms with E-state index in [2.05, 4.69) is 15.7 Å². The molecule has 0 aliphatic carbocycles. The summed E-state index contributed by atoms with van der Waals surface area (Å²) in [5.74, 6) is 0. The first kappa shape index (κ1) is 8.15. The maximum absolute atomic E-state index is 8.65. The maximum atomic E-state index is 8.65. The minimum atomic E-state index is -0.0714. The smallest absolute Gasteiger partial charge is 0.149 e. The molecule has 0 N–H and O–H groups in total. The van der Waals surface area contributed by atoms with E-state index in [0.717, 1.165) is 17.2 Å². The molecule has 4 heteroatoms. The maximum Gasteiger partial charge on any atom is 0.149 e. The molecule has 0 bridgehead atoms. The van der Waals surface area contributed by atoms with Crippen LogP contribution in [0.3, 0.4) is 0 Å². The van der Waals surface area contributed by atoms with Gasteiger partial charge in [0, 0.05) is 5.41 Å². The van der Waals surface area contributed by atoms with Crippen LogP contribution in [-0.2, 0) is 5.41 Å². The van der Waals surface area contributed by atoms with Crippen molar-refractivity contribution < 1.29 is 0 Å². The Hall–Kier alpha value is -0.950. The summed E-state index contributed by atoms with van der Waals surface area (Å²) in [6.45, 7) is 6.06. The van der Waals surface area contributed by atoms with Crippen molar-refractivity contribution in [2.24, 2.45) is 0 Å². The number of nitriles is 1. The molecule has 58 valence electrons. The highest BCUT2D eigenvalue weighted by atomic mass is 32.1. The molecule has 0 saturated heterocycles. The van der Waals surface area contributed by atoms with Crippen LogP contribution >= 0.6 is 11.5 Å². The molecule has 1 rings (SSSR count). The second-order valence-electron chi connectivity index (χ2n) is 3.31. The van der Waals surface area contributed by atoms with Crippen LogP contribution in [0, 0.1) is 11.3 Å². The zero-order chi connectivity index (χ0) is 8.48. The van der Waals surface area contributed by atoms with Gasteiger partial charge in [-0.15, -0.1) is 5.10 Å². The number of hydrogen-bond donors (Lipinski definition) is 0. The van der Waals surface area contributed by atoms with Crippen molar-refractivity contribution in [1.29, 1.82) is 5.26 Å². The van der Waals surface area contributed by atoms with Gasteiger partial charge >= 0.3 is 0 Å². The van der Waals surface area contributed by atoms with Crippen molar-refractivity contribution in [2.75, 3.05) is 0 Å². The Kier molecular flexibility index (Phi) is 1.92. The molecule has 11 heavy (non-hydrogen) atoms. The van der Waals surface area contributed by atoms with Gasteiger partial charge in [-0.05, 0) is 11.5 Å². The third kappa shape index (κ3) is 1.55. The summed E-state index contributed by atoms with van der Waals surface area (Å²) in [5.41, 5.74) is 0.725. The fraction of sp³-hybridized carbons (Fsp3) is 0.571. The quantitative estimate of drug-likeness (QED) is 0.591. The van der Waals surface area contributed by atoms with Gasteiger partial charge < -0.3 is 0 Å². The van der Waals surface area contributed by atoms with E-state index in [-0.39, 0.29) is 5.41 Å². The first-order valence-electron chi connectivity index (χ1n) is 3.28. The molecule has 1 aromatic heterocycles. The van der Waals surface area contributed by atoms with Crippen molar-refractivity contribution in [2.45, 2.75) is 26.2 Å². The predicted molar refractivity (Wildman–Crippen MR) is 43.3 cm³/mol. The van der Waals surface area contributed by atoms with Gasteiger partial charge in [0.2, 0.25) is 0 Å². The van der Waals surface area contributed by atoms with Gasteiger partial charge in [-0.25, -0.2) is 0 Å². The molecule has 0 aliphatic heterocycles. The average Bonchev–Trinajstić information content (AvgIpc) is 2.31. The molecule has 0 radical (unpaired) electrons. The molecule has 3 nitrogen and oxygen atoms in total. The van der Waals surface area contributed by atoms with E-state index in [1.54, 1.807) is 0 Å². The lowest BCUT2D eigenvalue weighted by Crippen LogP contribution is -2.13. The molecule has 1 heterocycles. The standard InChI is InChI=1S/C7H9N3S/c1-7(2,3)6-5(4-8)11-10-9-6/h1-3H3.